The van der Waals surface area contributed by atoms with Crippen molar-refractivity contribution in [2.75, 3.05) is 6.54 Å². The molecule has 0 spiro atoms. The van der Waals surface area contributed by atoms with Gasteiger partial charge in [0.25, 0.3) is 5.91 Å². The first-order valence-electron chi connectivity index (χ1n) is 8.82. The third kappa shape index (κ3) is 3.67. The van der Waals surface area contributed by atoms with Crippen molar-refractivity contribution < 1.29 is 14.3 Å². The number of nitrogens with zero attached hydrogens (tertiary/aromatic N) is 4. The number of fused-ring (bicyclic) bond motifs is 1. The smallest absolute Gasteiger partial charge is 0.351 e. The van der Waals surface area contributed by atoms with Crippen LogP contribution in [0.25, 0.3) is 10.8 Å². The van der Waals surface area contributed by atoms with E-state index >= 15 is 0 Å². The molecule has 1 atom stereocenters. The van der Waals surface area contributed by atoms with Crippen LogP contribution in [-0.4, -0.2) is 44.4 Å². The second-order valence-electron chi connectivity index (χ2n) is 6.43. The van der Waals surface area contributed by atoms with Crippen LogP contribution in [-0.2, 0) is 22.5 Å². The largest absolute Gasteiger partial charge is 0.448 e. The van der Waals surface area contributed by atoms with Crippen molar-refractivity contribution in [1.82, 2.24) is 19.9 Å². The van der Waals surface area contributed by atoms with E-state index in [0.717, 1.165) is 6.42 Å². The first-order chi connectivity index (χ1) is 13.5. The molecule has 0 fully saturated rings. The van der Waals surface area contributed by atoms with E-state index in [1.165, 1.54) is 21.8 Å². The van der Waals surface area contributed by atoms with Crippen molar-refractivity contribution >= 4 is 34.6 Å². The summed E-state index contributed by atoms with van der Waals surface area (Å²) in [6.07, 6.45) is 3.23. The Hall–Kier alpha value is -2.65. The van der Waals surface area contributed by atoms with E-state index in [9.17, 15) is 9.59 Å². The summed E-state index contributed by atoms with van der Waals surface area (Å²) in [6, 6.07) is 3.76. The number of aryl methyl sites for hydroxylation is 1. The van der Waals surface area contributed by atoms with E-state index in [4.69, 9.17) is 4.74 Å². The van der Waals surface area contributed by atoms with Crippen molar-refractivity contribution in [3.63, 3.8) is 0 Å². The van der Waals surface area contributed by atoms with Crippen LogP contribution in [0.4, 0.5) is 0 Å². The number of amides is 1. The van der Waals surface area contributed by atoms with Gasteiger partial charge >= 0.3 is 5.97 Å². The number of rotatable bonds is 4. The number of thiophene rings is 1. The number of hydrogen-bond acceptors (Lipinski definition) is 8. The second kappa shape index (κ2) is 7.76. The average molecular weight is 415 g/mol. The van der Waals surface area contributed by atoms with Gasteiger partial charge in [-0.2, -0.15) is 0 Å². The van der Waals surface area contributed by atoms with Gasteiger partial charge in [0.15, 0.2) is 16.9 Å². The Bertz CT molecular complexity index is 1020. The fraction of sp³-hybridized carbons (Fsp3) is 0.316. The van der Waals surface area contributed by atoms with Gasteiger partial charge in [-0.3, -0.25) is 4.79 Å². The summed E-state index contributed by atoms with van der Waals surface area (Å²) in [6.45, 7) is 4.55. The molecule has 3 aromatic rings. The maximum absolute atomic E-state index is 12.7. The highest BCUT2D eigenvalue weighted by atomic mass is 32.1. The van der Waals surface area contributed by atoms with Gasteiger partial charge in [-0.15, -0.1) is 22.7 Å². The lowest BCUT2D eigenvalue weighted by atomic mass is 10.1. The summed E-state index contributed by atoms with van der Waals surface area (Å²) in [7, 11) is 0. The molecule has 4 heterocycles. The molecule has 144 valence electrons. The number of ether oxygens (including phenoxy) is 1. The number of carbonyl (C=O) groups excluding carboxylic acids is 2. The van der Waals surface area contributed by atoms with E-state index in [0.29, 0.717) is 34.5 Å². The van der Waals surface area contributed by atoms with E-state index in [1.54, 1.807) is 48.5 Å². The molecule has 0 N–H and O–H groups in total. The molecule has 7 nitrogen and oxygen atoms in total. The van der Waals surface area contributed by atoms with Crippen molar-refractivity contribution in [3.8, 4) is 10.8 Å². The van der Waals surface area contributed by atoms with Crippen LogP contribution in [0.1, 0.15) is 32.7 Å². The zero-order valence-corrected chi connectivity index (χ0v) is 17.0. The number of hydrogen-bond donors (Lipinski definition) is 0. The average Bonchev–Trinajstić information content (AvgIpc) is 3.33. The SMILES string of the molecule is Cc1nc(-c2ncccn2)sc1C(=O)OC(C)C(=O)N1CCc2sccc2C1. The van der Waals surface area contributed by atoms with Gasteiger partial charge in [0.05, 0.1) is 5.69 Å². The Morgan fingerprint density at radius 1 is 1.29 bits per heavy atom. The minimum absolute atomic E-state index is 0.181. The Labute approximate surface area is 170 Å². The molecule has 9 heteroatoms. The summed E-state index contributed by atoms with van der Waals surface area (Å²) in [5.41, 5.74) is 1.71. The highest BCUT2D eigenvalue weighted by Gasteiger charge is 2.29. The van der Waals surface area contributed by atoms with Gasteiger partial charge in [-0.1, -0.05) is 0 Å². The molecule has 1 amide bonds. The zero-order valence-electron chi connectivity index (χ0n) is 15.4. The first-order valence-corrected chi connectivity index (χ1v) is 10.5. The summed E-state index contributed by atoms with van der Waals surface area (Å²) in [4.78, 5) is 41.4. The topological polar surface area (TPSA) is 85.3 Å². The quantitative estimate of drug-likeness (QED) is 0.610. The monoisotopic (exact) mass is 414 g/mol. The van der Waals surface area contributed by atoms with Crippen LogP contribution in [0.5, 0.6) is 0 Å². The minimum atomic E-state index is -0.856. The number of thiazole rings is 1. The lowest BCUT2D eigenvalue weighted by Gasteiger charge is -2.29. The van der Waals surface area contributed by atoms with Crippen LogP contribution in [0, 0.1) is 6.92 Å². The lowest BCUT2D eigenvalue weighted by molar-refractivity contribution is -0.140. The third-order valence-corrected chi connectivity index (χ3v) is 6.65. The third-order valence-electron chi connectivity index (χ3n) is 4.49. The molecule has 3 aromatic heterocycles. The number of carbonyl (C=O) groups is 2. The van der Waals surface area contributed by atoms with Crippen LogP contribution in [0.3, 0.4) is 0 Å². The van der Waals surface area contributed by atoms with Crippen LogP contribution in [0.15, 0.2) is 29.9 Å². The van der Waals surface area contributed by atoms with Gasteiger partial charge in [-0.25, -0.2) is 19.7 Å². The molecule has 1 aliphatic rings. The maximum Gasteiger partial charge on any atom is 0.351 e. The summed E-state index contributed by atoms with van der Waals surface area (Å²) in [5, 5.41) is 2.59. The standard InChI is InChI=1S/C19H18N4O3S2/c1-11-15(28-17(22-11)16-20-6-3-7-21-16)19(25)26-12(2)18(24)23-8-4-14-13(10-23)5-9-27-14/h3,5-7,9,12H,4,8,10H2,1-2H3. The molecule has 0 radical (unpaired) electrons. The van der Waals surface area contributed by atoms with Gasteiger partial charge in [0, 0.05) is 30.4 Å². The molecule has 1 unspecified atom stereocenters. The Morgan fingerprint density at radius 2 is 2.07 bits per heavy atom. The van der Waals surface area contributed by atoms with Crippen molar-refractivity contribution in [2.45, 2.75) is 32.9 Å². The molecule has 0 saturated heterocycles. The van der Waals surface area contributed by atoms with Gasteiger partial charge in [-0.05, 0) is 43.3 Å². The minimum Gasteiger partial charge on any atom is -0.448 e. The first kappa shape index (κ1) is 18.7. The van der Waals surface area contributed by atoms with E-state index < -0.39 is 12.1 Å². The zero-order chi connectivity index (χ0) is 19.7. The molecule has 28 heavy (non-hydrogen) atoms. The molecule has 0 saturated carbocycles. The Balaban J connectivity index is 1.43. The number of esters is 1. The number of aromatic nitrogens is 3. The van der Waals surface area contributed by atoms with Crippen LogP contribution in [0.2, 0.25) is 0 Å². The van der Waals surface area contributed by atoms with Gasteiger partial charge < -0.3 is 9.64 Å². The molecule has 4 rings (SSSR count). The summed E-state index contributed by atoms with van der Waals surface area (Å²) in [5.74, 6) is -0.274. The van der Waals surface area contributed by atoms with E-state index in [-0.39, 0.29) is 5.91 Å². The highest BCUT2D eigenvalue weighted by Crippen LogP contribution is 2.27. The maximum atomic E-state index is 12.7. The molecular formula is C19H18N4O3S2. The Morgan fingerprint density at radius 3 is 2.86 bits per heavy atom. The van der Waals surface area contributed by atoms with Gasteiger partial charge in [0.1, 0.15) is 4.88 Å². The fourth-order valence-corrected chi connectivity index (χ4v) is 4.84. The van der Waals surface area contributed by atoms with E-state index in [1.807, 2.05) is 11.4 Å². The molecule has 0 aromatic carbocycles. The van der Waals surface area contributed by atoms with E-state index in [2.05, 4.69) is 15.0 Å². The normalized spacial score (nSPS) is 14.4. The van der Waals surface area contributed by atoms with Crippen molar-refractivity contribution in [1.29, 1.82) is 0 Å². The predicted octanol–water partition coefficient (Wildman–Crippen LogP) is 3.10. The highest BCUT2D eigenvalue weighted by molar-refractivity contribution is 7.17. The molecule has 0 aliphatic carbocycles. The molecule has 0 bridgehead atoms. The van der Waals surface area contributed by atoms with Crippen LogP contribution < -0.4 is 0 Å². The van der Waals surface area contributed by atoms with Crippen molar-refractivity contribution in [3.05, 3.63) is 50.9 Å². The summed E-state index contributed by atoms with van der Waals surface area (Å²) < 4.78 is 5.45. The summed E-state index contributed by atoms with van der Waals surface area (Å²) >= 11 is 2.89. The Kier molecular flexibility index (Phi) is 5.19. The van der Waals surface area contributed by atoms with Gasteiger partial charge in [0.2, 0.25) is 0 Å². The van der Waals surface area contributed by atoms with Crippen molar-refractivity contribution in [2.24, 2.45) is 0 Å². The lowest BCUT2D eigenvalue weighted by Crippen LogP contribution is -2.42. The fourth-order valence-electron chi connectivity index (χ4n) is 3.05. The molecule has 1 aliphatic heterocycles. The molecular weight excluding hydrogens is 396 g/mol. The second-order valence-corrected chi connectivity index (χ2v) is 8.43. The van der Waals surface area contributed by atoms with Crippen LogP contribution >= 0.6 is 22.7 Å². The predicted molar refractivity (Wildman–Crippen MR) is 106 cm³/mol.